The van der Waals surface area contributed by atoms with Crippen LogP contribution in [0.15, 0.2) is 36.4 Å². The maximum absolute atomic E-state index is 12.9. The Labute approximate surface area is 235 Å². The summed E-state index contributed by atoms with van der Waals surface area (Å²) in [4.78, 5) is 29.5. The zero-order chi connectivity index (χ0) is 29.4. The van der Waals surface area contributed by atoms with Gasteiger partial charge in [0.15, 0.2) is 0 Å². The van der Waals surface area contributed by atoms with Gasteiger partial charge >= 0.3 is 12.3 Å². The summed E-state index contributed by atoms with van der Waals surface area (Å²) in [6.45, 7) is 8.15. The van der Waals surface area contributed by atoms with Gasteiger partial charge in [-0.05, 0) is 73.9 Å². The minimum atomic E-state index is -4.79. The number of esters is 1. The number of imidazole rings is 1. The standard InChI is InChI=1S/C28H32ClF3N4O4/c1-15-10-18(14-27(3,4)13-15)36-23-12-21(29)20(24(37)33-16(2)25(38)39-5)11-22(23)35-26(36)34-17-6-8-19(9-7-17)40-28(30,31)32/h6-9,11-12,15-16,18H,10,13-14H2,1-5H3,(H,33,37)(H,34,35). The van der Waals surface area contributed by atoms with Gasteiger partial charge in [-0.25, -0.2) is 9.78 Å². The monoisotopic (exact) mass is 580 g/mol. The van der Waals surface area contributed by atoms with Crippen molar-refractivity contribution in [3.8, 4) is 5.75 Å². The summed E-state index contributed by atoms with van der Waals surface area (Å²) in [6, 6.07) is 7.79. The third-order valence-electron chi connectivity index (χ3n) is 7.00. The van der Waals surface area contributed by atoms with Crippen LogP contribution in [0.2, 0.25) is 5.02 Å². The van der Waals surface area contributed by atoms with Gasteiger partial charge in [0.05, 0.1) is 28.7 Å². The molecule has 216 valence electrons. The molecule has 1 fully saturated rings. The maximum Gasteiger partial charge on any atom is 0.573 e. The van der Waals surface area contributed by atoms with E-state index in [0.717, 1.165) is 19.3 Å². The van der Waals surface area contributed by atoms with Crippen molar-refractivity contribution in [2.24, 2.45) is 11.3 Å². The first-order valence-corrected chi connectivity index (χ1v) is 13.3. The Hall–Kier alpha value is -3.47. The lowest BCUT2D eigenvalue weighted by Crippen LogP contribution is -2.39. The van der Waals surface area contributed by atoms with Gasteiger partial charge in [0.1, 0.15) is 11.8 Å². The molecule has 0 bridgehead atoms. The van der Waals surface area contributed by atoms with Crippen molar-refractivity contribution in [3.63, 3.8) is 0 Å². The van der Waals surface area contributed by atoms with Crippen molar-refractivity contribution in [3.05, 3.63) is 47.0 Å². The summed E-state index contributed by atoms with van der Waals surface area (Å²) in [5.41, 5.74) is 1.92. The second-order valence-corrected chi connectivity index (χ2v) is 11.5. The molecule has 4 rings (SSSR count). The Morgan fingerprint density at radius 2 is 1.85 bits per heavy atom. The van der Waals surface area contributed by atoms with E-state index in [1.54, 1.807) is 12.1 Å². The van der Waals surface area contributed by atoms with E-state index in [-0.39, 0.29) is 27.8 Å². The van der Waals surface area contributed by atoms with E-state index in [0.29, 0.717) is 28.6 Å². The minimum absolute atomic E-state index is 0.0502. The number of aromatic nitrogens is 2. The molecule has 1 aliphatic carbocycles. The summed E-state index contributed by atoms with van der Waals surface area (Å²) in [6.07, 6.45) is -1.96. The Kier molecular flexibility index (Phi) is 8.26. The number of amides is 1. The van der Waals surface area contributed by atoms with Gasteiger partial charge in [0, 0.05) is 11.7 Å². The number of alkyl halides is 3. The number of benzene rings is 2. The number of hydrogen-bond donors (Lipinski definition) is 2. The van der Waals surface area contributed by atoms with Crippen LogP contribution in [0.4, 0.5) is 24.8 Å². The van der Waals surface area contributed by atoms with Crippen molar-refractivity contribution in [1.82, 2.24) is 14.9 Å². The van der Waals surface area contributed by atoms with Crippen LogP contribution in [0.3, 0.4) is 0 Å². The average molecular weight is 581 g/mol. The summed E-state index contributed by atoms with van der Waals surface area (Å²) in [5, 5.41) is 5.99. The molecule has 12 heteroatoms. The molecule has 0 aliphatic heterocycles. The van der Waals surface area contributed by atoms with Gasteiger partial charge in [-0.3, -0.25) is 4.79 Å². The maximum atomic E-state index is 12.9. The number of anilines is 2. The van der Waals surface area contributed by atoms with Crippen LogP contribution in [0, 0.1) is 11.3 Å². The summed E-state index contributed by atoms with van der Waals surface area (Å²) >= 11 is 6.59. The fourth-order valence-electron chi connectivity index (χ4n) is 5.62. The lowest BCUT2D eigenvalue weighted by molar-refractivity contribution is -0.274. The number of carbonyl (C=O) groups is 2. The number of halogens is 4. The molecule has 1 amide bonds. The predicted molar refractivity (Wildman–Crippen MR) is 146 cm³/mol. The lowest BCUT2D eigenvalue weighted by Gasteiger charge is -2.40. The Morgan fingerprint density at radius 1 is 1.18 bits per heavy atom. The second-order valence-electron chi connectivity index (χ2n) is 11.1. The van der Waals surface area contributed by atoms with E-state index in [1.165, 1.54) is 38.3 Å². The van der Waals surface area contributed by atoms with E-state index in [9.17, 15) is 22.8 Å². The van der Waals surface area contributed by atoms with Crippen LogP contribution in [-0.2, 0) is 9.53 Å². The molecule has 1 saturated carbocycles. The number of fused-ring (bicyclic) bond motifs is 1. The van der Waals surface area contributed by atoms with Crippen molar-refractivity contribution in [2.45, 2.75) is 65.4 Å². The van der Waals surface area contributed by atoms with Gasteiger partial charge in [-0.1, -0.05) is 32.4 Å². The molecule has 0 spiro atoms. The fraction of sp³-hybridized carbons (Fsp3) is 0.464. The molecule has 0 radical (unpaired) electrons. The lowest BCUT2D eigenvalue weighted by atomic mass is 9.70. The number of methoxy groups -OCH3 is 1. The summed E-state index contributed by atoms with van der Waals surface area (Å²) in [5.74, 6) is -0.578. The van der Waals surface area contributed by atoms with Crippen molar-refractivity contribution in [1.29, 1.82) is 0 Å². The molecule has 8 nitrogen and oxygen atoms in total. The third kappa shape index (κ3) is 6.80. The highest BCUT2D eigenvalue weighted by atomic mass is 35.5. The number of hydrogen-bond acceptors (Lipinski definition) is 6. The fourth-order valence-corrected chi connectivity index (χ4v) is 5.86. The van der Waals surface area contributed by atoms with Crippen LogP contribution < -0.4 is 15.4 Å². The normalized spacial score (nSPS) is 19.6. The highest BCUT2D eigenvalue weighted by Crippen LogP contribution is 2.46. The molecule has 3 aromatic rings. The predicted octanol–water partition coefficient (Wildman–Crippen LogP) is 7.01. The van der Waals surface area contributed by atoms with Crippen LogP contribution in [0.5, 0.6) is 5.75 Å². The third-order valence-corrected chi connectivity index (χ3v) is 7.31. The quantitative estimate of drug-likeness (QED) is 0.292. The van der Waals surface area contributed by atoms with Crippen molar-refractivity contribution < 1.29 is 32.2 Å². The smallest absolute Gasteiger partial charge is 0.467 e. The second kappa shape index (κ2) is 11.2. The molecule has 0 saturated heterocycles. The first-order valence-electron chi connectivity index (χ1n) is 12.9. The largest absolute Gasteiger partial charge is 0.573 e. The molecule has 1 aromatic heterocycles. The van der Waals surface area contributed by atoms with Crippen molar-refractivity contribution in [2.75, 3.05) is 12.4 Å². The van der Waals surface area contributed by atoms with Gasteiger partial charge in [0.2, 0.25) is 5.95 Å². The van der Waals surface area contributed by atoms with Crippen LogP contribution >= 0.6 is 11.6 Å². The number of rotatable bonds is 7. The highest BCUT2D eigenvalue weighted by Gasteiger charge is 2.35. The van der Waals surface area contributed by atoms with E-state index in [4.69, 9.17) is 16.6 Å². The zero-order valence-corrected chi connectivity index (χ0v) is 23.6. The zero-order valence-electron chi connectivity index (χ0n) is 22.9. The molecule has 2 N–H and O–H groups in total. The molecule has 40 heavy (non-hydrogen) atoms. The van der Waals surface area contributed by atoms with Gasteiger partial charge in [0.25, 0.3) is 5.91 Å². The Morgan fingerprint density at radius 3 is 2.45 bits per heavy atom. The minimum Gasteiger partial charge on any atom is -0.467 e. The SMILES string of the molecule is COC(=O)C(C)NC(=O)c1cc2nc(Nc3ccc(OC(F)(F)F)cc3)n(C3CC(C)CC(C)(C)C3)c2cc1Cl. The molecule has 3 unspecified atom stereocenters. The van der Waals surface area contributed by atoms with E-state index in [1.807, 2.05) is 0 Å². The first-order chi connectivity index (χ1) is 18.7. The molecular formula is C28H32ClF3N4O4. The van der Waals surface area contributed by atoms with E-state index >= 15 is 0 Å². The number of nitrogens with zero attached hydrogens (tertiary/aromatic N) is 2. The Bertz CT molecular complexity index is 1410. The van der Waals surface area contributed by atoms with Crippen LogP contribution in [0.1, 0.15) is 63.4 Å². The molecule has 3 atom stereocenters. The van der Waals surface area contributed by atoms with Gasteiger partial charge < -0.3 is 24.7 Å². The van der Waals surface area contributed by atoms with Crippen LogP contribution in [-0.4, -0.2) is 40.9 Å². The molecule has 2 aromatic carbocycles. The van der Waals surface area contributed by atoms with Crippen LogP contribution in [0.25, 0.3) is 11.0 Å². The van der Waals surface area contributed by atoms with Gasteiger partial charge in [-0.15, -0.1) is 13.2 Å². The first kappa shape index (κ1) is 29.5. The van der Waals surface area contributed by atoms with E-state index < -0.39 is 24.3 Å². The summed E-state index contributed by atoms with van der Waals surface area (Å²) in [7, 11) is 1.23. The number of ether oxygens (including phenoxy) is 2. The van der Waals surface area contributed by atoms with Crippen molar-refractivity contribution >= 4 is 46.1 Å². The number of carbonyl (C=O) groups excluding carboxylic acids is 2. The van der Waals surface area contributed by atoms with Gasteiger partial charge in [-0.2, -0.15) is 0 Å². The molecule has 1 aliphatic rings. The average Bonchev–Trinajstić information content (AvgIpc) is 3.18. The summed E-state index contributed by atoms with van der Waals surface area (Å²) < 4.78 is 48.5. The molecular weight excluding hydrogens is 549 g/mol. The van der Waals surface area contributed by atoms with E-state index in [2.05, 4.69) is 45.4 Å². The topological polar surface area (TPSA) is 94.5 Å². The number of nitrogens with one attached hydrogen (secondary N) is 2. The molecule has 1 heterocycles. The Balaban J connectivity index is 1.75. The highest BCUT2D eigenvalue weighted by molar-refractivity contribution is 6.34.